The van der Waals surface area contributed by atoms with Crippen LogP contribution in [0.3, 0.4) is 0 Å². The van der Waals surface area contributed by atoms with Crippen LogP contribution < -0.4 is 0 Å². The average molecular weight is 300 g/mol. The van der Waals surface area contributed by atoms with Gasteiger partial charge in [0, 0.05) is 6.07 Å². The molecule has 0 atom stereocenters. The Morgan fingerprint density at radius 1 is 1.38 bits per heavy atom. The van der Waals surface area contributed by atoms with Gasteiger partial charge in [-0.25, -0.2) is 9.48 Å². The van der Waals surface area contributed by atoms with Gasteiger partial charge in [0.1, 0.15) is 0 Å². The maximum absolute atomic E-state index is 12.5. The molecule has 0 amide bonds. The molecule has 1 aromatic carbocycles. The van der Waals surface area contributed by atoms with Gasteiger partial charge < -0.3 is 9.84 Å². The topological polar surface area (TPSA) is 64.4 Å². The molecule has 1 N–H and O–H groups in total. The number of nitrogens with zero attached hydrogens (tertiary/aromatic N) is 2. The van der Waals surface area contributed by atoms with Crippen molar-refractivity contribution in [2.45, 2.75) is 13.1 Å². The van der Waals surface area contributed by atoms with Gasteiger partial charge in [-0.05, 0) is 25.1 Å². The van der Waals surface area contributed by atoms with Gasteiger partial charge in [-0.3, -0.25) is 0 Å². The number of hydrogen-bond acceptors (Lipinski definition) is 4. The smallest absolute Gasteiger partial charge is 0.435 e. The normalized spacial score (nSPS) is 11.4. The lowest BCUT2D eigenvalue weighted by molar-refractivity contribution is -0.141. The molecule has 8 heteroatoms. The van der Waals surface area contributed by atoms with Gasteiger partial charge in [0.2, 0.25) is 5.88 Å². The number of benzene rings is 1. The number of carbonyl (C=O) groups excluding carboxylic acids is 1. The fraction of sp³-hybridized carbons (Fsp3) is 0.231. The predicted octanol–water partition coefficient (Wildman–Crippen LogP) is 2.77. The van der Waals surface area contributed by atoms with E-state index in [0.29, 0.717) is 10.7 Å². The molecule has 2 rings (SSSR count). The highest BCUT2D eigenvalue weighted by atomic mass is 19.4. The zero-order chi connectivity index (χ0) is 15.6. The van der Waals surface area contributed by atoms with Crippen LogP contribution in [0.2, 0.25) is 0 Å². The Bertz CT molecular complexity index is 665. The van der Waals surface area contributed by atoms with Crippen LogP contribution >= 0.6 is 0 Å². The highest BCUT2D eigenvalue weighted by Crippen LogP contribution is 2.31. The van der Waals surface area contributed by atoms with Gasteiger partial charge in [-0.2, -0.15) is 18.3 Å². The van der Waals surface area contributed by atoms with Gasteiger partial charge in [-0.1, -0.05) is 6.07 Å². The van der Waals surface area contributed by atoms with E-state index in [1.165, 1.54) is 24.3 Å². The van der Waals surface area contributed by atoms with Gasteiger partial charge in [0.05, 0.1) is 17.9 Å². The van der Waals surface area contributed by atoms with Crippen LogP contribution in [0.1, 0.15) is 23.0 Å². The monoisotopic (exact) mass is 300 g/mol. The summed E-state index contributed by atoms with van der Waals surface area (Å²) < 4.78 is 43.1. The maximum Gasteiger partial charge on any atom is 0.435 e. The van der Waals surface area contributed by atoms with Crippen molar-refractivity contribution in [3.8, 4) is 11.6 Å². The number of alkyl halides is 3. The minimum Gasteiger partial charge on any atom is -0.493 e. The molecule has 0 aliphatic heterocycles. The first kappa shape index (κ1) is 14.9. The summed E-state index contributed by atoms with van der Waals surface area (Å²) in [4.78, 5) is 11.6. The Kier molecular flexibility index (Phi) is 3.88. The second-order valence-corrected chi connectivity index (χ2v) is 4.07. The Balaban J connectivity index is 2.41. The Morgan fingerprint density at radius 3 is 2.67 bits per heavy atom. The molecule has 5 nitrogen and oxygen atoms in total. The van der Waals surface area contributed by atoms with Crippen LogP contribution in [0, 0.1) is 0 Å². The van der Waals surface area contributed by atoms with Gasteiger partial charge in [0.15, 0.2) is 5.69 Å². The summed E-state index contributed by atoms with van der Waals surface area (Å²) in [6, 6.07) is 6.11. The largest absolute Gasteiger partial charge is 0.493 e. The Labute approximate surface area is 117 Å². The lowest BCUT2D eigenvalue weighted by atomic mass is 10.2. The molecule has 0 aliphatic rings. The molecule has 0 saturated heterocycles. The first-order valence-corrected chi connectivity index (χ1v) is 5.96. The van der Waals surface area contributed by atoms with E-state index in [1.54, 1.807) is 6.92 Å². The number of aromatic hydroxyl groups is 1. The second-order valence-electron chi connectivity index (χ2n) is 4.07. The van der Waals surface area contributed by atoms with Crippen molar-refractivity contribution >= 4 is 5.97 Å². The van der Waals surface area contributed by atoms with E-state index in [9.17, 15) is 23.1 Å². The van der Waals surface area contributed by atoms with Gasteiger partial charge in [0.25, 0.3) is 0 Å². The summed E-state index contributed by atoms with van der Waals surface area (Å²) in [5.41, 5.74) is -0.951. The van der Waals surface area contributed by atoms with Crippen LogP contribution in [-0.4, -0.2) is 27.5 Å². The molecular weight excluding hydrogens is 289 g/mol. The van der Waals surface area contributed by atoms with Crippen LogP contribution in [0.25, 0.3) is 5.69 Å². The van der Waals surface area contributed by atoms with E-state index >= 15 is 0 Å². The lowest BCUT2D eigenvalue weighted by Crippen LogP contribution is -2.08. The van der Waals surface area contributed by atoms with Crippen molar-refractivity contribution in [2.75, 3.05) is 6.61 Å². The molecule has 1 heterocycles. The summed E-state index contributed by atoms with van der Waals surface area (Å²) in [6.45, 7) is 1.81. The maximum atomic E-state index is 12.5. The fourth-order valence-corrected chi connectivity index (χ4v) is 1.68. The number of halogens is 3. The highest BCUT2D eigenvalue weighted by molar-refractivity contribution is 5.90. The molecule has 0 aliphatic carbocycles. The summed E-state index contributed by atoms with van der Waals surface area (Å²) in [6.07, 6.45) is -4.67. The zero-order valence-corrected chi connectivity index (χ0v) is 10.9. The summed E-state index contributed by atoms with van der Waals surface area (Å²) in [7, 11) is 0. The Hall–Kier alpha value is -2.51. The van der Waals surface area contributed by atoms with E-state index in [2.05, 4.69) is 5.10 Å². The first-order valence-electron chi connectivity index (χ1n) is 5.96. The number of ether oxygens (including phenoxy) is 1. The molecule has 0 radical (unpaired) electrons. The molecule has 0 spiro atoms. The van der Waals surface area contributed by atoms with E-state index < -0.39 is 23.7 Å². The van der Waals surface area contributed by atoms with Crippen LogP contribution in [0.5, 0.6) is 5.88 Å². The average Bonchev–Trinajstić information content (AvgIpc) is 2.81. The van der Waals surface area contributed by atoms with E-state index in [-0.39, 0.29) is 17.9 Å². The second kappa shape index (κ2) is 5.47. The van der Waals surface area contributed by atoms with E-state index in [4.69, 9.17) is 4.74 Å². The number of hydrogen-bond donors (Lipinski definition) is 1. The standard InChI is InChI=1S/C13H11F3N2O3/c1-2-21-12(20)8-4-3-5-9(6-8)18-11(19)7-10(17-18)13(14,15)16/h3-7,19H,2H2,1H3. The molecule has 112 valence electrons. The number of esters is 1. The third-order valence-corrected chi connectivity index (χ3v) is 2.58. The van der Waals surface area contributed by atoms with Crippen molar-refractivity contribution < 1.29 is 27.8 Å². The molecular formula is C13H11F3N2O3. The van der Waals surface area contributed by atoms with Crippen molar-refractivity contribution in [3.05, 3.63) is 41.6 Å². The van der Waals surface area contributed by atoms with Crippen molar-refractivity contribution in [3.63, 3.8) is 0 Å². The minimum absolute atomic E-state index is 0.119. The number of carbonyl (C=O) groups is 1. The summed E-state index contributed by atoms with van der Waals surface area (Å²) in [5, 5.41) is 12.9. The Morgan fingerprint density at radius 2 is 2.10 bits per heavy atom. The SMILES string of the molecule is CCOC(=O)c1cccc(-n2nc(C(F)(F)F)cc2O)c1. The van der Waals surface area contributed by atoms with Crippen molar-refractivity contribution in [1.29, 1.82) is 0 Å². The lowest BCUT2D eigenvalue weighted by Gasteiger charge is -2.06. The quantitative estimate of drug-likeness (QED) is 0.885. The highest BCUT2D eigenvalue weighted by Gasteiger charge is 2.35. The molecule has 21 heavy (non-hydrogen) atoms. The molecule has 1 aromatic heterocycles. The van der Waals surface area contributed by atoms with Crippen LogP contribution in [0.4, 0.5) is 13.2 Å². The van der Waals surface area contributed by atoms with Crippen LogP contribution in [-0.2, 0) is 10.9 Å². The third kappa shape index (κ3) is 3.15. The number of aromatic nitrogens is 2. The molecule has 0 bridgehead atoms. The van der Waals surface area contributed by atoms with E-state index in [1.807, 2.05) is 0 Å². The minimum atomic E-state index is -4.67. The van der Waals surface area contributed by atoms with Gasteiger partial charge >= 0.3 is 12.1 Å². The fourth-order valence-electron chi connectivity index (χ4n) is 1.68. The van der Waals surface area contributed by atoms with Crippen molar-refractivity contribution in [2.24, 2.45) is 0 Å². The molecule has 0 fully saturated rings. The summed E-state index contributed by atoms with van der Waals surface area (Å²) in [5.74, 6) is -1.29. The van der Waals surface area contributed by atoms with Crippen LogP contribution in [0.15, 0.2) is 30.3 Å². The zero-order valence-electron chi connectivity index (χ0n) is 10.9. The number of rotatable bonds is 3. The molecule has 2 aromatic rings. The molecule has 0 unspecified atom stereocenters. The molecule has 0 saturated carbocycles. The predicted molar refractivity (Wildman–Crippen MR) is 66.2 cm³/mol. The first-order chi connectivity index (χ1) is 9.82. The van der Waals surface area contributed by atoms with E-state index in [0.717, 1.165) is 0 Å². The van der Waals surface area contributed by atoms with Gasteiger partial charge in [-0.15, -0.1) is 0 Å². The van der Waals surface area contributed by atoms with Crippen molar-refractivity contribution in [1.82, 2.24) is 9.78 Å². The summed E-state index contributed by atoms with van der Waals surface area (Å²) >= 11 is 0. The third-order valence-electron chi connectivity index (χ3n) is 2.58.